The lowest BCUT2D eigenvalue weighted by molar-refractivity contribution is -0.185. The summed E-state index contributed by atoms with van der Waals surface area (Å²) in [6.45, 7) is 1.77. The van der Waals surface area contributed by atoms with Crippen molar-refractivity contribution in [1.29, 1.82) is 0 Å². The van der Waals surface area contributed by atoms with Crippen LogP contribution in [0.2, 0.25) is 0 Å². The number of hydrogen-bond acceptors (Lipinski definition) is 10. The maximum Gasteiger partial charge on any atom is 0.402 e. The van der Waals surface area contributed by atoms with Crippen molar-refractivity contribution in [1.82, 2.24) is 20.3 Å². The van der Waals surface area contributed by atoms with Gasteiger partial charge < -0.3 is 19.6 Å². The fourth-order valence-electron chi connectivity index (χ4n) is 4.51. The Morgan fingerprint density at radius 2 is 1.74 bits per heavy atom. The molecule has 1 aliphatic carbocycles. The summed E-state index contributed by atoms with van der Waals surface area (Å²) in [5.74, 6) is -0.839. The number of halogens is 3. The van der Waals surface area contributed by atoms with Crippen molar-refractivity contribution >= 4 is 21.4 Å². The van der Waals surface area contributed by atoms with Crippen molar-refractivity contribution in [2.24, 2.45) is 5.73 Å². The number of nitrogens with zero attached hydrogens (tertiary/aromatic N) is 5. The molecule has 1 aliphatic heterocycles. The lowest BCUT2D eigenvalue weighted by Gasteiger charge is -2.24. The van der Waals surface area contributed by atoms with E-state index >= 15 is 0 Å². The van der Waals surface area contributed by atoms with Crippen LogP contribution in [0.3, 0.4) is 0 Å². The lowest BCUT2D eigenvalue weighted by atomic mass is 9.93. The number of nitrogens with two attached hydrogens (primary N) is 1. The van der Waals surface area contributed by atoms with Crippen molar-refractivity contribution in [3.63, 3.8) is 0 Å². The van der Waals surface area contributed by atoms with Gasteiger partial charge in [-0.15, -0.1) is 10.2 Å². The Balaban J connectivity index is 1.35. The van der Waals surface area contributed by atoms with Crippen LogP contribution in [0.25, 0.3) is 22.8 Å². The number of carbonyl (C=O) groups is 1. The first-order valence-electron chi connectivity index (χ1n) is 13.0. The highest BCUT2D eigenvalue weighted by atomic mass is 32.2. The van der Waals surface area contributed by atoms with Crippen molar-refractivity contribution < 1.29 is 35.3 Å². The number of amides is 1. The molecule has 1 saturated carbocycles. The van der Waals surface area contributed by atoms with E-state index in [-0.39, 0.29) is 28.6 Å². The van der Waals surface area contributed by atoms with E-state index in [0.29, 0.717) is 28.8 Å². The third-order valence-corrected chi connectivity index (χ3v) is 9.22. The molecular formula is C27H25F3N6O5S. The van der Waals surface area contributed by atoms with Gasteiger partial charge in [0, 0.05) is 17.0 Å². The molecule has 0 bridgehead atoms. The fourth-order valence-corrected chi connectivity index (χ4v) is 6.07. The molecule has 11 nitrogen and oxygen atoms in total. The zero-order chi connectivity index (χ0) is 30.0. The van der Waals surface area contributed by atoms with Crippen molar-refractivity contribution in [2.75, 3.05) is 10.7 Å². The SMILES string of the molecule is CC(C)(c1nnc(-c2ccc3c(c2)N(Cc2ccc(-c4noc(C5CC5)n4)cc2)C(=O)[C@@H](N)CS3(=O)=O)o1)C(F)(F)F. The minimum atomic E-state index is -4.66. The summed E-state index contributed by atoms with van der Waals surface area (Å²) in [6.07, 6.45) is -2.62. The van der Waals surface area contributed by atoms with Gasteiger partial charge in [0.15, 0.2) is 9.84 Å². The Morgan fingerprint density at radius 3 is 2.40 bits per heavy atom. The molecule has 2 aromatic carbocycles. The number of anilines is 1. The third-order valence-electron chi connectivity index (χ3n) is 7.40. The van der Waals surface area contributed by atoms with Gasteiger partial charge >= 0.3 is 6.18 Å². The van der Waals surface area contributed by atoms with E-state index in [1.807, 2.05) is 0 Å². The summed E-state index contributed by atoms with van der Waals surface area (Å²) in [7, 11) is -3.99. The highest BCUT2D eigenvalue weighted by Gasteiger charge is 2.52. The van der Waals surface area contributed by atoms with Crippen molar-refractivity contribution in [3.05, 3.63) is 59.8 Å². The summed E-state index contributed by atoms with van der Waals surface area (Å²) in [5, 5.41) is 11.4. The maximum absolute atomic E-state index is 13.5. The molecule has 0 unspecified atom stereocenters. The molecule has 2 aliphatic rings. The number of sulfone groups is 1. The minimum Gasteiger partial charge on any atom is -0.420 e. The smallest absolute Gasteiger partial charge is 0.402 e. The zero-order valence-corrected chi connectivity index (χ0v) is 23.2. The third kappa shape index (κ3) is 4.96. The highest BCUT2D eigenvalue weighted by Crippen LogP contribution is 2.42. The molecule has 1 atom stereocenters. The van der Waals surface area contributed by atoms with Crippen molar-refractivity contribution in [3.8, 4) is 22.8 Å². The van der Waals surface area contributed by atoms with Gasteiger partial charge in [0.25, 0.3) is 0 Å². The zero-order valence-electron chi connectivity index (χ0n) is 22.4. The minimum absolute atomic E-state index is 0.00315. The van der Waals surface area contributed by atoms with Gasteiger partial charge in [-0.1, -0.05) is 29.4 Å². The molecule has 2 aromatic heterocycles. The Kier molecular flexibility index (Phi) is 6.49. The number of carbonyl (C=O) groups excluding carboxylic acids is 1. The van der Waals surface area contributed by atoms with E-state index in [1.165, 1.54) is 23.1 Å². The first-order chi connectivity index (χ1) is 19.7. The Morgan fingerprint density at radius 1 is 1.05 bits per heavy atom. The standard InChI is InChI=1S/C27H25F3N6O5S/c1-26(2,27(28,29)30)25-34-33-23(40-25)17-9-10-20-19(11-17)36(24(37)18(31)13-42(20,38)39)12-14-3-5-15(6-4-14)21-32-22(41-35-21)16-7-8-16/h3-6,9-11,16,18H,7-8,12-13,31H2,1-2H3/t18-/m0/s1. The van der Waals surface area contributed by atoms with Crippen LogP contribution in [-0.4, -0.2) is 52.6 Å². The topological polar surface area (TPSA) is 158 Å². The van der Waals surface area contributed by atoms with Gasteiger partial charge in [-0.3, -0.25) is 4.79 Å². The Labute approximate surface area is 237 Å². The first kappa shape index (κ1) is 28.0. The van der Waals surface area contributed by atoms with Gasteiger partial charge in [-0.2, -0.15) is 18.2 Å². The van der Waals surface area contributed by atoms with Crippen molar-refractivity contribution in [2.45, 2.75) is 61.7 Å². The van der Waals surface area contributed by atoms with Crippen LogP contribution in [0.15, 0.2) is 56.3 Å². The molecule has 0 radical (unpaired) electrons. The van der Waals surface area contributed by atoms with Gasteiger partial charge in [-0.05, 0) is 50.5 Å². The average Bonchev–Trinajstić information content (AvgIpc) is 3.46. The van der Waals surface area contributed by atoms with Crippen LogP contribution in [0.1, 0.15) is 50.0 Å². The molecular weight excluding hydrogens is 577 g/mol. The second-order valence-electron chi connectivity index (χ2n) is 11.0. The summed E-state index contributed by atoms with van der Waals surface area (Å²) >= 11 is 0. The summed E-state index contributed by atoms with van der Waals surface area (Å²) in [4.78, 5) is 18.9. The molecule has 2 N–H and O–H groups in total. The molecule has 1 fully saturated rings. The van der Waals surface area contributed by atoms with E-state index in [2.05, 4.69) is 20.3 Å². The van der Waals surface area contributed by atoms with Crippen LogP contribution in [-0.2, 0) is 26.6 Å². The fraction of sp³-hybridized carbons (Fsp3) is 0.370. The molecule has 220 valence electrons. The van der Waals surface area contributed by atoms with Crippen LogP contribution < -0.4 is 10.6 Å². The second-order valence-corrected chi connectivity index (χ2v) is 13.0. The largest absolute Gasteiger partial charge is 0.420 e. The molecule has 42 heavy (non-hydrogen) atoms. The van der Waals surface area contributed by atoms with Gasteiger partial charge in [0.05, 0.1) is 28.9 Å². The Hall–Kier alpha value is -4.11. The molecule has 6 rings (SSSR count). The summed E-state index contributed by atoms with van der Waals surface area (Å²) < 4.78 is 77.5. The van der Waals surface area contributed by atoms with Gasteiger partial charge in [0.1, 0.15) is 5.41 Å². The molecule has 1 amide bonds. The van der Waals surface area contributed by atoms with Crippen LogP contribution in [0, 0.1) is 0 Å². The quantitative estimate of drug-likeness (QED) is 0.340. The van der Waals surface area contributed by atoms with Crippen LogP contribution >= 0.6 is 0 Å². The molecule has 15 heteroatoms. The maximum atomic E-state index is 13.5. The second kappa shape index (κ2) is 9.73. The van der Waals surface area contributed by atoms with Gasteiger partial charge in [-0.25, -0.2) is 8.42 Å². The summed E-state index contributed by atoms with van der Waals surface area (Å²) in [6, 6.07) is 9.59. The number of alkyl halides is 3. The number of rotatable bonds is 6. The van der Waals surface area contributed by atoms with Crippen LogP contribution in [0.5, 0.6) is 0 Å². The average molecular weight is 603 g/mol. The monoisotopic (exact) mass is 602 g/mol. The Bertz CT molecular complexity index is 1780. The predicted octanol–water partition coefficient (Wildman–Crippen LogP) is 4.15. The number of benzene rings is 2. The van der Waals surface area contributed by atoms with Gasteiger partial charge in [0.2, 0.25) is 29.4 Å². The first-order valence-corrected chi connectivity index (χ1v) is 14.7. The van der Waals surface area contributed by atoms with E-state index in [4.69, 9.17) is 14.7 Å². The van der Waals surface area contributed by atoms with E-state index in [9.17, 15) is 26.4 Å². The predicted molar refractivity (Wildman–Crippen MR) is 142 cm³/mol. The molecule has 4 aromatic rings. The molecule has 0 saturated heterocycles. The van der Waals surface area contributed by atoms with E-state index in [1.54, 1.807) is 24.3 Å². The van der Waals surface area contributed by atoms with E-state index < -0.39 is 45.0 Å². The van der Waals surface area contributed by atoms with E-state index in [0.717, 1.165) is 26.7 Å². The van der Waals surface area contributed by atoms with Crippen LogP contribution in [0.4, 0.5) is 18.9 Å². The summed E-state index contributed by atoms with van der Waals surface area (Å²) in [5.41, 5.74) is 5.06. The molecule has 0 spiro atoms. The number of aromatic nitrogens is 4. The molecule has 3 heterocycles. The highest BCUT2D eigenvalue weighted by molar-refractivity contribution is 7.91. The number of hydrogen-bond donors (Lipinski definition) is 1. The lowest BCUT2D eigenvalue weighted by Crippen LogP contribution is -2.45. The number of fused-ring (bicyclic) bond motifs is 1. The normalized spacial score (nSPS) is 19.0.